The molecule has 0 bridgehead atoms. The quantitative estimate of drug-likeness (QED) is 0.474. The minimum atomic E-state index is -4.01. The summed E-state index contributed by atoms with van der Waals surface area (Å²) in [6, 6.07) is 19.0. The number of rotatable bonds is 9. The van der Waals surface area contributed by atoms with E-state index in [1.54, 1.807) is 68.6 Å². The molecule has 3 rings (SSSR count). The van der Waals surface area contributed by atoms with Crippen molar-refractivity contribution >= 4 is 33.2 Å². The Kier molecular flexibility index (Phi) is 8.00. The summed E-state index contributed by atoms with van der Waals surface area (Å²) in [5, 5.41) is 3.22. The second-order valence-corrected chi connectivity index (χ2v) is 9.79. The maximum atomic E-state index is 13.6. The molecule has 0 spiro atoms. The molecule has 0 unspecified atom stereocenters. The number of nitrogens with zero attached hydrogens (tertiary/aromatic N) is 1. The van der Waals surface area contributed by atoms with Gasteiger partial charge in [0.2, 0.25) is 5.91 Å². The van der Waals surface area contributed by atoms with E-state index in [1.807, 2.05) is 19.1 Å². The van der Waals surface area contributed by atoms with Crippen LogP contribution in [0.5, 0.6) is 5.75 Å². The fourth-order valence-electron chi connectivity index (χ4n) is 3.32. The molecule has 1 amide bonds. The summed E-state index contributed by atoms with van der Waals surface area (Å²) in [6.07, 6.45) is 0.797. The SMILES string of the molecule is CCc1ccc(S(=O)(=O)N(CC(=O)NCc2ccc(OC)cc2)c2cccc(Cl)c2C)cc1. The number of hydrogen-bond acceptors (Lipinski definition) is 4. The third-order valence-electron chi connectivity index (χ3n) is 5.36. The Morgan fingerprint density at radius 1 is 1.00 bits per heavy atom. The Labute approximate surface area is 200 Å². The van der Waals surface area contributed by atoms with Crippen molar-refractivity contribution in [3.63, 3.8) is 0 Å². The maximum absolute atomic E-state index is 13.6. The first-order chi connectivity index (χ1) is 15.8. The van der Waals surface area contributed by atoms with Crippen LogP contribution in [0.15, 0.2) is 71.6 Å². The fourth-order valence-corrected chi connectivity index (χ4v) is 4.97. The van der Waals surface area contributed by atoms with Crippen molar-refractivity contribution in [1.29, 1.82) is 0 Å². The fraction of sp³-hybridized carbons (Fsp3) is 0.240. The van der Waals surface area contributed by atoms with Crippen molar-refractivity contribution in [3.8, 4) is 5.75 Å². The number of nitrogens with one attached hydrogen (secondary N) is 1. The summed E-state index contributed by atoms with van der Waals surface area (Å²) < 4.78 is 33.4. The molecule has 0 aliphatic heterocycles. The number of sulfonamides is 1. The molecule has 8 heteroatoms. The van der Waals surface area contributed by atoms with Gasteiger partial charge < -0.3 is 10.1 Å². The van der Waals surface area contributed by atoms with E-state index in [2.05, 4.69) is 5.32 Å². The van der Waals surface area contributed by atoms with E-state index >= 15 is 0 Å². The predicted octanol–water partition coefficient (Wildman–Crippen LogP) is 4.73. The minimum absolute atomic E-state index is 0.113. The molecule has 174 valence electrons. The van der Waals surface area contributed by atoms with Crippen LogP contribution >= 0.6 is 11.6 Å². The second kappa shape index (κ2) is 10.7. The van der Waals surface area contributed by atoms with E-state index in [4.69, 9.17) is 16.3 Å². The van der Waals surface area contributed by atoms with Crippen LogP contribution in [-0.2, 0) is 27.8 Å². The van der Waals surface area contributed by atoms with Crippen molar-refractivity contribution in [2.24, 2.45) is 0 Å². The highest BCUT2D eigenvalue weighted by atomic mass is 35.5. The highest BCUT2D eigenvalue weighted by molar-refractivity contribution is 7.92. The van der Waals surface area contributed by atoms with Gasteiger partial charge in [0.05, 0.1) is 17.7 Å². The van der Waals surface area contributed by atoms with E-state index in [9.17, 15) is 13.2 Å². The molecule has 0 aromatic heterocycles. The van der Waals surface area contributed by atoms with Crippen LogP contribution in [0.4, 0.5) is 5.69 Å². The van der Waals surface area contributed by atoms with Gasteiger partial charge in [-0.1, -0.05) is 48.9 Å². The number of halogens is 1. The summed E-state index contributed by atoms with van der Waals surface area (Å²) >= 11 is 6.26. The average Bonchev–Trinajstić information content (AvgIpc) is 2.83. The van der Waals surface area contributed by atoms with Crippen molar-refractivity contribution in [2.45, 2.75) is 31.7 Å². The van der Waals surface area contributed by atoms with Gasteiger partial charge >= 0.3 is 0 Å². The van der Waals surface area contributed by atoms with Crippen molar-refractivity contribution < 1.29 is 17.9 Å². The van der Waals surface area contributed by atoms with Crippen molar-refractivity contribution in [1.82, 2.24) is 5.32 Å². The monoisotopic (exact) mass is 486 g/mol. The van der Waals surface area contributed by atoms with Gasteiger partial charge in [0, 0.05) is 11.6 Å². The van der Waals surface area contributed by atoms with Gasteiger partial charge in [-0.2, -0.15) is 0 Å². The molecule has 0 radical (unpaired) electrons. The molecule has 0 heterocycles. The van der Waals surface area contributed by atoms with E-state index in [0.717, 1.165) is 21.9 Å². The largest absolute Gasteiger partial charge is 0.497 e. The number of benzene rings is 3. The van der Waals surface area contributed by atoms with Gasteiger partial charge in [0.15, 0.2) is 0 Å². The number of ether oxygens (including phenoxy) is 1. The molecule has 0 aliphatic carbocycles. The Morgan fingerprint density at radius 2 is 1.64 bits per heavy atom. The molecule has 0 saturated heterocycles. The third-order valence-corrected chi connectivity index (χ3v) is 7.55. The van der Waals surface area contributed by atoms with Crippen LogP contribution in [-0.4, -0.2) is 28.0 Å². The lowest BCUT2D eigenvalue weighted by Gasteiger charge is -2.26. The van der Waals surface area contributed by atoms with E-state index in [0.29, 0.717) is 22.0 Å². The zero-order chi connectivity index (χ0) is 24.0. The van der Waals surface area contributed by atoms with Crippen LogP contribution in [0.1, 0.15) is 23.6 Å². The average molecular weight is 487 g/mol. The number of carbonyl (C=O) groups excluding carboxylic acids is 1. The molecular weight excluding hydrogens is 460 g/mol. The van der Waals surface area contributed by atoms with Crippen molar-refractivity contribution in [3.05, 3.63) is 88.4 Å². The number of aryl methyl sites for hydroxylation is 1. The molecule has 3 aromatic rings. The minimum Gasteiger partial charge on any atom is -0.497 e. The lowest BCUT2D eigenvalue weighted by Crippen LogP contribution is -2.41. The van der Waals surface area contributed by atoms with Crippen LogP contribution in [0.2, 0.25) is 5.02 Å². The Morgan fingerprint density at radius 3 is 2.24 bits per heavy atom. The van der Waals surface area contributed by atoms with E-state index in [-0.39, 0.29) is 18.0 Å². The predicted molar refractivity (Wildman–Crippen MR) is 131 cm³/mol. The Hall–Kier alpha value is -3.03. The molecule has 0 saturated carbocycles. The first-order valence-corrected chi connectivity index (χ1v) is 12.3. The van der Waals surface area contributed by atoms with Gasteiger partial charge in [-0.3, -0.25) is 9.10 Å². The molecule has 0 aliphatic rings. The summed E-state index contributed by atoms with van der Waals surface area (Å²) in [6.45, 7) is 3.61. The van der Waals surface area contributed by atoms with Gasteiger partial charge in [-0.25, -0.2) is 8.42 Å². The maximum Gasteiger partial charge on any atom is 0.264 e. The number of methoxy groups -OCH3 is 1. The third kappa shape index (κ3) is 5.86. The molecule has 0 fully saturated rings. The topological polar surface area (TPSA) is 75.7 Å². The number of anilines is 1. The molecule has 0 atom stereocenters. The first-order valence-electron chi connectivity index (χ1n) is 10.5. The van der Waals surface area contributed by atoms with Gasteiger partial charge in [-0.15, -0.1) is 0 Å². The van der Waals surface area contributed by atoms with E-state index < -0.39 is 15.9 Å². The van der Waals surface area contributed by atoms with Crippen LogP contribution < -0.4 is 14.4 Å². The number of amides is 1. The molecule has 1 N–H and O–H groups in total. The smallest absolute Gasteiger partial charge is 0.264 e. The normalized spacial score (nSPS) is 11.2. The summed E-state index contributed by atoms with van der Waals surface area (Å²) in [5.41, 5.74) is 2.84. The van der Waals surface area contributed by atoms with Gasteiger partial charge in [0.25, 0.3) is 10.0 Å². The second-order valence-electron chi connectivity index (χ2n) is 7.52. The molecule has 3 aromatic carbocycles. The molecular formula is C25H27ClN2O4S. The number of hydrogen-bond donors (Lipinski definition) is 1. The van der Waals surface area contributed by atoms with Crippen LogP contribution in [0.25, 0.3) is 0 Å². The van der Waals surface area contributed by atoms with Crippen LogP contribution in [0.3, 0.4) is 0 Å². The molecule has 6 nitrogen and oxygen atoms in total. The lowest BCUT2D eigenvalue weighted by atomic mass is 10.2. The highest BCUT2D eigenvalue weighted by Gasteiger charge is 2.28. The van der Waals surface area contributed by atoms with Gasteiger partial charge in [-0.05, 0) is 66.4 Å². The highest BCUT2D eigenvalue weighted by Crippen LogP contribution is 2.31. The van der Waals surface area contributed by atoms with Gasteiger partial charge in [0.1, 0.15) is 12.3 Å². The van der Waals surface area contributed by atoms with Crippen molar-refractivity contribution in [2.75, 3.05) is 18.0 Å². The summed E-state index contributed by atoms with van der Waals surface area (Å²) in [5.74, 6) is 0.284. The summed E-state index contributed by atoms with van der Waals surface area (Å²) in [4.78, 5) is 12.9. The molecule has 33 heavy (non-hydrogen) atoms. The Bertz CT molecular complexity index is 1210. The van der Waals surface area contributed by atoms with Crippen LogP contribution in [0, 0.1) is 6.92 Å². The Balaban J connectivity index is 1.88. The lowest BCUT2D eigenvalue weighted by molar-refractivity contribution is -0.119. The zero-order valence-corrected chi connectivity index (χ0v) is 20.4. The standard InChI is InChI=1S/C25H27ClN2O4S/c1-4-19-10-14-22(15-11-19)33(30,31)28(24-7-5-6-23(26)18(24)2)17-25(29)27-16-20-8-12-21(32-3)13-9-20/h5-15H,4,16-17H2,1-3H3,(H,27,29). The zero-order valence-electron chi connectivity index (χ0n) is 18.8. The number of carbonyl (C=O) groups is 1. The summed E-state index contributed by atoms with van der Waals surface area (Å²) in [7, 11) is -2.43. The van der Waals surface area contributed by atoms with E-state index in [1.165, 1.54) is 0 Å². The first kappa shape index (κ1) is 24.6.